The number of nitrogens with zero attached hydrogens (tertiary/aromatic N) is 2. The maximum atomic E-state index is 14.7. The van der Waals surface area contributed by atoms with Gasteiger partial charge < -0.3 is 19.4 Å². The fourth-order valence-electron chi connectivity index (χ4n) is 4.05. The molecule has 0 saturated carbocycles. The zero-order valence-corrected chi connectivity index (χ0v) is 16.8. The Morgan fingerprint density at radius 2 is 2.06 bits per heavy atom. The van der Waals surface area contributed by atoms with Gasteiger partial charge in [0.15, 0.2) is 17.1 Å². The molecule has 4 amide bonds. The smallest absolute Gasteiger partial charge is 0.322 e. The highest BCUT2D eigenvalue weighted by molar-refractivity contribution is 6.08. The third-order valence-electron chi connectivity index (χ3n) is 5.62. The van der Waals surface area contributed by atoms with E-state index >= 15 is 0 Å². The molecule has 1 fully saturated rings. The summed E-state index contributed by atoms with van der Waals surface area (Å²) in [5.41, 5.74) is -0.642. The van der Waals surface area contributed by atoms with Crippen LogP contribution in [0.1, 0.15) is 21.7 Å². The van der Waals surface area contributed by atoms with Crippen LogP contribution in [0, 0.1) is 5.82 Å². The number of halogens is 1. The third-order valence-corrected chi connectivity index (χ3v) is 5.62. The second-order valence-corrected chi connectivity index (χ2v) is 7.50. The number of aromatic nitrogens is 1. The first-order valence-corrected chi connectivity index (χ1v) is 9.72. The van der Waals surface area contributed by atoms with Gasteiger partial charge in [-0.05, 0) is 35.9 Å². The molecule has 9 nitrogen and oxygen atoms in total. The SMILES string of the molecule is COc1ccc2c(c1F)C(=O)N(C[C@@]1(c3ccc(-c4cccnc4)o3)NC(=O)NC1=O)C2. The van der Waals surface area contributed by atoms with Crippen molar-refractivity contribution in [3.8, 4) is 17.1 Å². The molecule has 3 aromatic rings. The quantitative estimate of drug-likeness (QED) is 0.593. The van der Waals surface area contributed by atoms with Crippen LogP contribution in [-0.2, 0) is 16.9 Å². The van der Waals surface area contributed by atoms with Gasteiger partial charge in [-0.15, -0.1) is 0 Å². The number of methoxy groups -OCH3 is 1. The number of hydrogen-bond acceptors (Lipinski definition) is 6. The molecule has 5 rings (SSSR count). The Bertz CT molecular complexity index is 1260. The Kier molecular flexibility index (Phi) is 4.43. The molecule has 2 aromatic heterocycles. The maximum absolute atomic E-state index is 14.7. The van der Waals surface area contributed by atoms with Crippen molar-refractivity contribution >= 4 is 17.8 Å². The van der Waals surface area contributed by atoms with E-state index in [4.69, 9.17) is 9.15 Å². The Morgan fingerprint density at radius 1 is 1.22 bits per heavy atom. The van der Waals surface area contributed by atoms with Crippen molar-refractivity contribution in [2.24, 2.45) is 0 Å². The normalized spacial score (nSPS) is 19.7. The minimum absolute atomic E-state index is 0.0484. The van der Waals surface area contributed by atoms with Gasteiger partial charge in [0.25, 0.3) is 11.8 Å². The van der Waals surface area contributed by atoms with Gasteiger partial charge in [-0.25, -0.2) is 9.18 Å². The van der Waals surface area contributed by atoms with Crippen LogP contribution in [0.4, 0.5) is 9.18 Å². The lowest BCUT2D eigenvalue weighted by Crippen LogP contribution is -2.52. The molecular formula is C22H17FN4O5. The Labute approximate surface area is 181 Å². The maximum Gasteiger partial charge on any atom is 0.322 e. The predicted molar refractivity (Wildman–Crippen MR) is 108 cm³/mol. The van der Waals surface area contributed by atoms with Crippen LogP contribution in [0.25, 0.3) is 11.3 Å². The van der Waals surface area contributed by atoms with E-state index < -0.39 is 29.2 Å². The number of carbonyl (C=O) groups excluding carboxylic acids is 3. The average molecular weight is 436 g/mol. The van der Waals surface area contributed by atoms with Gasteiger partial charge in [0.2, 0.25) is 0 Å². The minimum atomic E-state index is -1.67. The molecule has 2 aliphatic rings. The van der Waals surface area contributed by atoms with Crippen LogP contribution in [0.15, 0.2) is 53.2 Å². The number of amides is 4. The number of benzene rings is 1. The summed E-state index contributed by atoms with van der Waals surface area (Å²) in [4.78, 5) is 43.3. The predicted octanol–water partition coefficient (Wildman–Crippen LogP) is 2.18. The van der Waals surface area contributed by atoms with Gasteiger partial charge in [0.1, 0.15) is 11.5 Å². The third kappa shape index (κ3) is 2.91. The largest absolute Gasteiger partial charge is 0.494 e. The Morgan fingerprint density at radius 3 is 2.75 bits per heavy atom. The summed E-state index contributed by atoms with van der Waals surface area (Å²) in [7, 11) is 1.31. The molecule has 1 atom stereocenters. The van der Waals surface area contributed by atoms with E-state index in [1.54, 1.807) is 42.7 Å². The fraction of sp³-hybridized carbons (Fsp3) is 0.182. The Hall–Kier alpha value is -4.21. The van der Waals surface area contributed by atoms with Gasteiger partial charge in [-0.1, -0.05) is 6.07 Å². The molecule has 1 aromatic carbocycles. The molecule has 162 valence electrons. The molecule has 0 unspecified atom stereocenters. The lowest BCUT2D eigenvalue weighted by Gasteiger charge is -2.29. The summed E-state index contributed by atoms with van der Waals surface area (Å²) in [6.07, 6.45) is 3.21. The van der Waals surface area contributed by atoms with Crippen LogP contribution in [0.5, 0.6) is 5.75 Å². The van der Waals surface area contributed by atoms with Crippen LogP contribution in [-0.4, -0.2) is 41.4 Å². The lowest BCUT2D eigenvalue weighted by molar-refractivity contribution is -0.125. The van der Waals surface area contributed by atoms with Gasteiger partial charge >= 0.3 is 6.03 Å². The van der Waals surface area contributed by atoms with Gasteiger partial charge in [-0.2, -0.15) is 0 Å². The second-order valence-electron chi connectivity index (χ2n) is 7.50. The van der Waals surface area contributed by atoms with Crippen LogP contribution < -0.4 is 15.4 Å². The summed E-state index contributed by atoms with van der Waals surface area (Å²) in [6, 6.07) is 9.06. The zero-order valence-electron chi connectivity index (χ0n) is 16.8. The van der Waals surface area contributed by atoms with Crippen molar-refractivity contribution < 1.29 is 27.9 Å². The molecule has 4 heterocycles. The van der Waals surface area contributed by atoms with E-state index in [9.17, 15) is 18.8 Å². The molecule has 2 aliphatic heterocycles. The molecular weight excluding hydrogens is 419 g/mol. The molecule has 0 radical (unpaired) electrons. The number of rotatable bonds is 5. The molecule has 10 heteroatoms. The minimum Gasteiger partial charge on any atom is -0.494 e. The Balaban J connectivity index is 1.51. The number of urea groups is 1. The first kappa shape index (κ1) is 19.7. The van der Waals surface area contributed by atoms with E-state index in [2.05, 4.69) is 15.6 Å². The van der Waals surface area contributed by atoms with E-state index in [0.29, 0.717) is 16.9 Å². The molecule has 0 spiro atoms. The van der Waals surface area contributed by atoms with E-state index in [1.165, 1.54) is 18.1 Å². The number of nitrogens with one attached hydrogen (secondary N) is 2. The van der Waals surface area contributed by atoms with Crippen LogP contribution >= 0.6 is 0 Å². The van der Waals surface area contributed by atoms with Gasteiger partial charge in [0.05, 0.1) is 19.2 Å². The van der Waals surface area contributed by atoms with E-state index in [-0.39, 0.29) is 30.2 Å². The molecule has 32 heavy (non-hydrogen) atoms. The van der Waals surface area contributed by atoms with Crippen molar-refractivity contribution in [3.63, 3.8) is 0 Å². The summed E-state index contributed by atoms with van der Waals surface area (Å²) < 4.78 is 25.6. The van der Waals surface area contributed by atoms with E-state index in [1.807, 2.05) is 0 Å². The molecule has 0 aliphatic carbocycles. The zero-order chi connectivity index (χ0) is 22.5. The fourth-order valence-corrected chi connectivity index (χ4v) is 4.05. The number of imide groups is 1. The summed E-state index contributed by atoms with van der Waals surface area (Å²) in [6.45, 7) is -0.185. The number of fused-ring (bicyclic) bond motifs is 1. The molecule has 2 N–H and O–H groups in total. The van der Waals surface area contributed by atoms with Crippen LogP contribution in [0.2, 0.25) is 0 Å². The highest BCUT2D eigenvalue weighted by atomic mass is 19.1. The number of pyridine rings is 1. The van der Waals surface area contributed by atoms with Gasteiger partial charge in [0, 0.05) is 24.5 Å². The number of furan rings is 1. The van der Waals surface area contributed by atoms with Crippen molar-refractivity contribution in [2.75, 3.05) is 13.7 Å². The number of hydrogen-bond donors (Lipinski definition) is 2. The van der Waals surface area contributed by atoms with E-state index in [0.717, 1.165) is 0 Å². The lowest BCUT2D eigenvalue weighted by atomic mass is 9.95. The van der Waals surface area contributed by atoms with Crippen molar-refractivity contribution in [3.05, 3.63) is 71.5 Å². The average Bonchev–Trinajstić information content (AvgIpc) is 3.47. The topological polar surface area (TPSA) is 114 Å². The number of ether oxygens (including phenoxy) is 1. The monoisotopic (exact) mass is 436 g/mol. The molecule has 0 bridgehead atoms. The number of carbonyl (C=O) groups is 3. The van der Waals surface area contributed by atoms with Gasteiger partial charge in [-0.3, -0.25) is 19.9 Å². The first-order valence-electron chi connectivity index (χ1n) is 9.72. The van der Waals surface area contributed by atoms with Crippen molar-refractivity contribution in [2.45, 2.75) is 12.1 Å². The second kappa shape index (κ2) is 7.19. The highest BCUT2D eigenvalue weighted by Gasteiger charge is 2.53. The van der Waals surface area contributed by atoms with Crippen LogP contribution in [0.3, 0.4) is 0 Å². The first-order chi connectivity index (χ1) is 15.4. The summed E-state index contributed by atoms with van der Waals surface area (Å²) in [5, 5.41) is 4.79. The summed E-state index contributed by atoms with van der Waals surface area (Å²) in [5.74, 6) is -1.51. The standard InChI is InChI=1S/C22H17FN4O5/c1-31-15-5-4-13-10-27(19(28)17(13)18(15)23)11-22(20(29)25-21(30)26-22)16-7-6-14(32-16)12-3-2-8-24-9-12/h2-9H,10-11H2,1H3,(H2,25,26,29,30)/t22-/m0/s1. The van der Waals surface area contributed by atoms with Crippen molar-refractivity contribution in [1.82, 2.24) is 20.5 Å². The van der Waals surface area contributed by atoms with Crippen molar-refractivity contribution in [1.29, 1.82) is 0 Å². The highest BCUT2D eigenvalue weighted by Crippen LogP contribution is 2.36. The molecule has 1 saturated heterocycles. The summed E-state index contributed by atoms with van der Waals surface area (Å²) >= 11 is 0.